The molecule has 2 amide bonds. The lowest BCUT2D eigenvalue weighted by Gasteiger charge is -2.16. The van der Waals surface area contributed by atoms with Crippen molar-refractivity contribution >= 4 is 11.8 Å². The largest absolute Gasteiger partial charge is 0.493 e. The van der Waals surface area contributed by atoms with E-state index in [2.05, 4.69) is 10.6 Å². The maximum absolute atomic E-state index is 11.7. The van der Waals surface area contributed by atoms with E-state index < -0.39 is 11.8 Å². The fourth-order valence-electron chi connectivity index (χ4n) is 1.79. The first-order valence-electron chi connectivity index (χ1n) is 6.84. The van der Waals surface area contributed by atoms with Gasteiger partial charge in [0.25, 0.3) is 0 Å². The third-order valence-electron chi connectivity index (χ3n) is 3.00. The van der Waals surface area contributed by atoms with Crippen molar-refractivity contribution in [3.63, 3.8) is 0 Å². The van der Waals surface area contributed by atoms with Crippen molar-refractivity contribution in [2.24, 2.45) is 0 Å². The average Bonchev–Trinajstić information content (AvgIpc) is 2.51. The minimum absolute atomic E-state index is 0.315. The predicted molar refractivity (Wildman–Crippen MR) is 79.4 cm³/mol. The predicted octanol–water partition coefficient (Wildman–Crippen LogP) is 1.41. The molecule has 1 rings (SSSR count). The fraction of sp³-hybridized carbons (Fsp3) is 0.467. The summed E-state index contributed by atoms with van der Waals surface area (Å²) in [4.78, 5) is 23.3. The summed E-state index contributed by atoms with van der Waals surface area (Å²) in [6, 6.07) is 5.03. The molecule has 0 radical (unpaired) electrons. The van der Waals surface area contributed by atoms with Crippen LogP contribution in [0.5, 0.6) is 11.5 Å². The number of methoxy groups -OCH3 is 2. The fourth-order valence-corrected chi connectivity index (χ4v) is 1.79. The van der Waals surface area contributed by atoms with Crippen molar-refractivity contribution in [3.8, 4) is 11.5 Å². The molecule has 6 heteroatoms. The highest BCUT2D eigenvalue weighted by Crippen LogP contribution is 2.29. The standard InChI is InChI=1S/C15H22N2O4/c1-5-8-16-14(18)15(19)17-10(2)11-6-7-12(20-3)13(9-11)21-4/h6-7,9-10H,5,8H2,1-4H3,(H,16,18)(H,17,19). The molecule has 1 aromatic rings. The molecule has 116 valence electrons. The zero-order valence-electron chi connectivity index (χ0n) is 12.9. The van der Waals surface area contributed by atoms with Crippen LogP contribution < -0.4 is 20.1 Å². The first-order valence-corrected chi connectivity index (χ1v) is 6.84. The van der Waals surface area contributed by atoms with Crippen LogP contribution in [0, 0.1) is 0 Å². The smallest absolute Gasteiger partial charge is 0.309 e. The number of ether oxygens (including phenoxy) is 2. The monoisotopic (exact) mass is 294 g/mol. The van der Waals surface area contributed by atoms with Crippen molar-refractivity contribution in [2.45, 2.75) is 26.3 Å². The van der Waals surface area contributed by atoms with Crippen LogP contribution in [0.4, 0.5) is 0 Å². The Morgan fingerprint density at radius 2 is 1.81 bits per heavy atom. The Morgan fingerprint density at radius 3 is 2.38 bits per heavy atom. The van der Waals surface area contributed by atoms with E-state index in [-0.39, 0.29) is 6.04 Å². The molecule has 1 unspecified atom stereocenters. The normalized spacial score (nSPS) is 11.4. The van der Waals surface area contributed by atoms with Gasteiger partial charge in [0.2, 0.25) is 0 Å². The van der Waals surface area contributed by atoms with Gasteiger partial charge < -0.3 is 20.1 Å². The van der Waals surface area contributed by atoms with Crippen molar-refractivity contribution in [2.75, 3.05) is 20.8 Å². The van der Waals surface area contributed by atoms with E-state index in [0.29, 0.717) is 18.0 Å². The summed E-state index contributed by atoms with van der Waals surface area (Å²) in [7, 11) is 3.10. The van der Waals surface area contributed by atoms with E-state index in [4.69, 9.17) is 9.47 Å². The van der Waals surface area contributed by atoms with Crippen LogP contribution in [-0.2, 0) is 9.59 Å². The molecule has 0 spiro atoms. The van der Waals surface area contributed by atoms with E-state index in [1.54, 1.807) is 33.3 Å². The van der Waals surface area contributed by atoms with Crippen LogP contribution in [0.15, 0.2) is 18.2 Å². The summed E-state index contributed by atoms with van der Waals surface area (Å²) in [6.45, 7) is 4.20. The van der Waals surface area contributed by atoms with Crippen molar-refractivity contribution in [1.29, 1.82) is 0 Å². The molecule has 1 atom stereocenters. The lowest BCUT2D eigenvalue weighted by atomic mass is 10.1. The average molecular weight is 294 g/mol. The molecule has 0 fully saturated rings. The van der Waals surface area contributed by atoms with E-state index >= 15 is 0 Å². The Hall–Kier alpha value is -2.24. The van der Waals surface area contributed by atoms with E-state index in [0.717, 1.165) is 12.0 Å². The first kappa shape index (κ1) is 16.8. The highest BCUT2D eigenvalue weighted by atomic mass is 16.5. The minimum Gasteiger partial charge on any atom is -0.493 e. The van der Waals surface area contributed by atoms with Gasteiger partial charge in [-0.15, -0.1) is 0 Å². The second-order valence-corrected chi connectivity index (χ2v) is 4.57. The van der Waals surface area contributed by atoms with Crippen molar-refractivity contribution < 1.29 is 19.1 Å². The molecule has 1 aromatic carbocycles. The highest BCUT2D eigenvalue weighted by molar-refractivity contribution is 6.35. The Labute approximate surface area is 124 Å². The molecular weight excluding hydrogens is 272 g/mol. The summed E-state index contributed by atoms with van der Waals surface area (Å²) >= 11 is 0. The molecule has 21 heavy (non-hydrogen) atoms. The number of hydrogen-bond donors (Lipinski definition) is 2. The van der Waals surface area contributed by atoms with Crippen LogP contribution in [0.2, 0.25) is 0 Å². The lowest BCUT2D eigenvalue weighted by molar-refractivity contribution is -0.139. The Morgan fingerprint density at radius 1 is 1.14 bits per heavy atom. The van der Waals surface area contributed by atoms with Crippen molar-refractivity contribution in [3.05, 3.63) is 23.8 Å². The number of carbonyl (C=O) groups excluding carboxylic acids is 2. The number of carbonyl (C=O) groups is 2. The maximum atomic E-state index is 11.7. The van der Waals surface area contributed by atoms with Gasteiger partial charge in [0.05, 0.1) is 20.3 Å². The number of hydrogen-bond acceptors (Lipinski definition) is 4. The molecule has 0 aliphatic heterocycles. The van der Waals surface area contributed by atoms with Gasteiger partial charge in [-0.2, -0.15) is 0 Å². The quantitative estimate of drug-likeness (QED) is 0.778. The molecule has 2 N–H and O–H groups in total. The zero-order valence-corrected chi connectivity index (χ0v) is 12.9. The van der Waals surface area contributed by atoms with E-state index in [1.165, 1.54) is 0 Å². The van der Waals surface area contributed by atoms with Crippen LogP contribution in [0.1, 0.15) is 31.9 Å². The summed E-state index contributed by atoms with van der Waals surface area (Å²) in [5, 5.41) is 5.18. The van der Waals surface area contributed by atoms with Crippen LogP contribution in [0.3, 0.4) is 0 Å². The molecule has 0 aromatic heterocycles. The zero-order chi connectivity index (χ0) is 15.8. The lowest BCUT2D eigenvalue weighted by Crippen LogP contribution is -2.41. The second kappa shape index (κ2) is 8.14. The van der Waals surface area contributed by atoms with Crippen LogP contribution in [0.25, 0.3) is 0 Å². The number of amides is 2. The third kappa shape index (κ3) is 4.66. The highest BCUT2D eigenvalue weighted by Gasteiger charge is 2.17. The molecule has 6 nitrogen and oxygen atoms in total. The van der Waals surface area contributed by atoms with Crippen molar-refractivity contribution in [1.82, 2.24) is 10.6 Å². The summed E-state index contributed by atoms with van der Waals surface area (Å²) < 4.78 is 10.4. The number of nitrogens with one attached hydrogen (secondary N) is 2. The minimum atomic E-state index is -0.647. The molecule has 0 aliphatic rings. The Balaban J connectivity index is 2.73. The SMILES string of the molecule is CCCNC(=O)C(=O)NC(C)c1ccc(OC)c(OC)c1. The Kier molecular flexibility index (Phi) is 6.52. The first-order chi connectivity index (χ1) is 10.0. The maximum Gasteiger partial charge on any atom is 0.309 e. The topological polar surface area (TPSA) is 76.7 Å². The van der Waals surface area contributed by atoms with Gasteiger partial charge in [-0.25, -0.2) is 0 Å². The summed E-state index contributed by atoms with van der Waals surface area (Å²) in [5.41, 5.74) is 0.823. The molecular formula is C15H22N2O4. The van der Waals surface area contributed by atoms with E-state index in [9.17, 15) is 9.59 Å². The van der Waals surface area contributed by atoms with Gasteiger partial charge in [-0.1, -0.05) is 13.0 Å². The number of rotatable bonds is 6. The second-order valence-electron chi connectivity index (χ2n) is 4.57. The molecule has 0 aliphatic carbocycles. The summed E-state index contributed by atoms with van der Waals surface area (Å²) in [6.07, 6.45) is 0.782. The van der Waals surface area contributed by atoms with Gasteiger partial charge in [0.1, 0.15) is 0 Å². The molecule has 0 saturated carbocycles. The molecule has 0 saturated heterocycles. The summed E-state index contributed by atoms with van der Waals surface area (Å²) in [5.74, 6) is -0.0816. The number of benzene rings is 1. The molecule has 0 heterocycles. The van der Waals surface area contributed by atoms with Gasteiger partial charge >= 0.3 is 11.8 Å². The van der Waals surface area contributed by atoms with Gasteiger partial charge in [0.15, 0.2) is 11.5 Å². The third-order valence-corrected chi connectivity index (χ3v) is 3.00. The van der Waals surface area contributed by atoms with Crippen LogP contribution in [-0.4, -0.2) is 32.6 Å². The van der Waals surface area contributed by atoms with Gasteiger partial charge in [0, 0.05) is 6.54 Å². The van der Waals surface area contributed by atoms with E-state index in [1.807, 2.05) is 13.0 Å². The Bertz CT molecular complexity index is 502. The van der Waals surface area contributed by atoms with Crippen LogP contribution >= 0.6 is 0 Å². The molecule has 0 bridgehead atoms. The van der Waals surface area contributed by atoms with Gasteiger partial charge in [-0.05, 0) is 31.0 Å². The van der Waals surface area contributed by atoms with Gasteiger partial charge in [-0.3, -0.25) is 9.59 Å².